The third kappa shape index (κ3) is 2.62. The van der Waals surface area contributed by atoms with E-state index in [1.807, 2.05) is 39.4 Å². The van der Waals surface area contributed by atoms with Crippen molar-refractivity contribution in [1.82, 2.24) is 20.9 Å². The van der Waals surface area contributed by atoms with Crippen LogP contribution in [-0.2, 0) is 9.59 Å². The van der Waals surface area contributed by atoms with E-state index in [2.05, 4.69) is 46.0 Å². The Morgan fingerprint density at radius 1 is 0.900 bits per heavy atom. The molecule has 1 saturated carbocycles. The van der Waals surface area contributed by atoms with Crippen LogP contribution in [0.4, 0.5) is 5.69 Å². The van der Waals surface area contributed by atoms with Crippen molar-refractivity contribution in [2.75, 3.05) is 52.2 Å². The average Bonchev–Trinajstić information content (AvgIpc) is 3.24. The van der Waals surface area contributed by atoms with E-state index < -0.39 is 16.6 Å². The van der Waals surface area contributed by atoms with Gasteiger partial charge in [0.2, 0.25) is 5.78 Å². The molecule has 7 heteroatoms. The number of nitrogens with zero attached hydrogens (tertiary/aromatic N) is 2. The van der Waals surface area contributed by atoms with Gasteiger partial charge in [-0.2, -0.15) is 0 Å². The minimum Gasteiger partial charge on any atom is -0.368 e. The van der Waals surface area contributed by atoms with Crippen molar-refractivity contribution in [3.05, 3.63) is 42.0 Å². The molecule has 2 aliphatic carbocycles. The number of rotatable bonds is 6. The number of anilines is 1. The summed E-state index contributed by atoms with van der Waals surface area (Å²) in [5, 5.41) is 10.1. The molecule has 3 aliphatic rings. The van der Waals surface area contributed by atoms with Crippen LogP contribution in [-0.4, -0.2) is 75.1 Å². The first-order valence-electron chi connectivity index (χ1n) is 10.8. The van der Waals surface area contributed by atoms with Crippen molar-refractivity contribution < 1.29 is 9.59 Å². The van der Waals surface area contributed by atoms with E-state index in [-0.39, 0.29) is 11.7 Å². The molecule has 1 aromatic rings. The Morgan fingerprint density at radius 2 is 1.57 bits per heavy atom. The molecule has 0 radical (unpaired) electrons. The molecule has 1 aliphatic heterocycles. The molecule has 1 aromatic carbocycles. The minimum atomic E-state index is -0.885. The zero-order chi connectivity index (χ0) is 21.6. The molecule has 7 nitrogen and oxygen atoms in total. The van der Waals surface area contributed by atoms with E-state index in [0.717, 1.165) is 19.5 Å². The summed E-state index contributed by atoms with van der Waals surface area (Å²) in [5.41, 5.74) is 0.433. The Labute approximate surface area is 178 Å². The van der Waals surface area contributed by atoms with E-state index in [9.17, 15) is 9.59 Å². The number of hydrogen-bond acceptors (Lipinski definition) is 6. The third-order valence-electron chi connectivity index (χ3n) is 7.72. The largest absolute Gasteiger partial charge is 0.368 e. The number of piperazine rings is 1. The Morgan fingerprint density at radius 3 is 2.10 bits per heavy atom. The van der Waals surface area contributed by atoms with Gasteiger partial charge in [-0.3, -0.25) is 20.2 Å². The average molecular weight is 412 g/mol. The number of aryl methyl sites for hydroxylation is 1. The number of likely N-dealkylation sites (N-methyl/N-ethyl adjacent to an activating group) is 3. The van der Waals surface area contributed by atoms with Crippen LogP contribution in [0.15, 0.2) is 36.4 Å². The summed E-state index contributed by atoms with van der Waals surface area (Å²) in [6, 6.07) is 8.29. The fourth-order valence-electron chi connectivity index (χ4n) is 6.04. The van der Waals surface area contributed by atoms with E-state index in [4.69, 9.17) is 0 Å². The van der Waals surface area contributed by atoms with Crippen LogP contribution in [0, 0.1) is 12.3 Å². The van der Waals surface area contributed by atoms with Crippen molar-refractivity contribution in [1.29, 1.82) is 0 Å². The van der Waals surface area contributed by atoms with Gasteiger partial charge in [-0.25, -0.2) is 0 Å². The highest BCUT2D eigenvalue weighted by Gasteiger charge is 2.72. The molecule has 3 N–H and O–H groups in total. The maximum atomic E-state index is 13.7. The lowest BCUT2D eigenvalue weighted by Crippen LogP contribution is -2.75. The summed E-state index contributed by atoms with van der Waals surface area (Å²) in [5.74, 6) is -0.686. The van der Waals surface area contributed by atoms with Crippen LogP contribution in [0.5, 0.6) is 0 Å². The van der Waals surface area contributed by atoms with Gasteiger partial charge >= 0.3 is 0 Å². The van der Waals surface area contributed by atoms with E-state index in [1.54, 1.807) is 4.90 Å². The fourth-order valence-corrected chi connectivity index (χ4v) is 6.04. The highest BCUT2D eigenvalue weighted by Crippen LogP contribution is 2.57. The predicted octanol–water partition coefficient (Wildman–Crippen LogP) is 0.656. The number of fused-ring (bicyclic) bond motifs is 2. The van der Waals surface area contributed by atoms with Crippen molar-refractivity contribution >= 4 is 17.4 Å². The first kappa shape index (κ1) is 21.0. The Balaban J connectivity index is 1.52. The van der Waals surface area contributed by atoms with Crippen molar-refractivity contribution in [2.45, 2.75) is 31.0 Å². The van der Waals surface area contributed by atoms with Gasteiger partial charge in [0.15, 0.2) is 0 Å². The molecule has 1 saturated heterocycles. The van der Waals surface area contributed by atoms with Gasteiger partial charge in [0.25, 0.3) is 5.91 Å². The molecule has 2 fully saturated rings. The van der Waals surface area contributed by atoms with Crippen LogP contribution >= 0.6 is 0 Å². The van der Waals surface area contributed by atoms with E-state index in [0.29, 0.717) is 19.5 Å². The predicted molar refractivity (Wildman–Crippen MR) is 118 cm³/mol. The molecule has 162 valence electrons. The van der Waals surface area contributed by atoms with Gasteiger partial charge in [-0.05, 0) is 52.5 Å². The number of amides is 1. The normalized spacial score (nSPS) is 29.5. The third-order valence-corrected chi connectivity index (χ3v) is 7.72. The maximum Gasteiger partial charge on any atom is 0.291 e. The van der Waals surface area contributed by atoms with Gasteiger partial charge in [0.1, 0.15) is 5.66 Å². The molecule has 1 amide bonds. The summed E-state index contributed by atoms with van der Waals surface area (Å²) in [7, 11) is 5.62. The van der Waals surface area contributed by atoms with Crippen LogP contribution in [0.25, 0.3) is 0 Å². The van der Waals surface area contributed by atoms with Crippen LogP contribution in [0.1, 0.15) is 18.4 Å². The summed E-state index contributed by atoms with van der Waals surface area (Å²) in [6.07, 6.45) is 5.44. The lowest BCUT2D eigenvalue weighted by Gasteiger charge is -2.47. The molecule has 1 heterocycles. The molecular formula is C23H33N5O2. The second-order valence-corrected chi connectivity index (χ2v) is 8.67. The number of para-hydroxylation sites is 1. The molecule has 2 atom stereocenters. The number of hydrogen-bond donors (Lipinski definition) is 3. The topological polar surface area (TPSA) is 76.7 Å². The Hall–Kier alpha value is -2.22. The molecule has 2 bridgehead atoms. The number of ketones is 1. The Kier molecular flexibility index (Phi) is 5.24. The second-order valence-electron chi connectivity index (χ2n) is 8.67. The van der Waals surface area contributed by atoms with Crippen molar-refractivity contribution in [3.8, 4) is 0 Å². The standard InChI is InChI=1S/C23H33N5O2/c1-17-7-5-6-8-18(17)27-13-15-28(16-14-27)20(30)19(29)21-9-11-22(24-2,12-10-21)23(21,25-3)26-4/h5-9,11,24-26H,10,12-16H2,1-4H3. The lowest BCUT2D eigenvalue weighted by molar-refractivity contribution is -0.151. The molecule has 30 heavy (non-hydrogen) atoms. The molecule has 0 aromatic heterocycles. The van der Waals surface area contributed by atoms with E-state index >= 15 is 0 Å². The summed E-state index contributed by atoms with van der Waals surface area (Å²) < 4.78 is 0. The van der Waals surface area contributed by atoms with Gasteiger partial charge in [-0.15, -0.1) is 0 Å². The molecular weight excluding hydrogens is 378 g/mol. The number of carbonyl (C=O) groups is 2. The number of nitrogens with one attached hydrogen (secondary N) is 3. The summed E-state index contributed by atoms with van der Waals surface area (Å²) >= 11 is 0. The molecule has 4 rings (SSSR count). The second kappa shape index (κ2) is 7.48. The summed E-state index contributed by atoms with van der Waals surface area (Å²) in [6.45, 7) is 4.68. The zero-order valence-corrected chi connectivity index (χ0v) is 18.4. The van der Waals surface area contributed by atoms with Crippen LogP contribution < -0.4 is 20.9 Å². The quantitative estimate of drug-likeness (QED) is 0.363. The van der Waals surface area contributed by atoms with Crippen molar-refractivity contribution in [3.63, 3.8) is 0 Å². The smallest absolute Gasteiger partial charge is 0.291 e. The van der Waals surface area contributed by atoms with Crippen LogP contribution in [0.2, 0.25) is 0 Å². The zero-order valence-electron chi connectivity index (χ0n) is 18.4. The Bertz CT molecular complexity index is 872. The fraction of sp³-hybridized carbons (Fsp3) is 0.565. The van der Waals surface area contributed by atoms with Gasteiger partial charge in [0.05, 0.1) is 11.0 Å². The number of benzene rings is 1. The van der Waals surface area contributed by atoms with Crippen molar-refractivity contribution in [2.24, 2.45) is 5.41 Å². The van der Waals surface area contributed by atoms with Gasteiger partial charge in [-0.1, -0.05) is 30.4 Å². The first-order valence-corrected chi connectivity index (χ1v) is 10.8. The monoisotopic (exact) mass is 411 g/mol. The van der Waals surface area contributed by atoms with E-state index in [1.165, 1.54) is 11.3 Å². The molecule has 2 unspecified atom stereocenters. The SMILES string of the molecule is CNC12C=CC(C(=O)C(=O)N3CCN(c4ccccc4C)CC3)(CC1)C2(NC)NC. The first-order chi connectivity index (χ1) is 14.4. The minimum absolute atomic E-state index is 0.318. The highest BCUT2D eigenvalue weighted by atomic mass is 16.2. The maximum absolute atomic E-state index is 13.7. The summed E-state index contributed by atoms with van der Waals surface area (Å²) in [4.78, 5) is 31.0. The molecule has 0 spiro atoms. The number of carbonyl (C=O) groups excluding carboxylic acids is 2. The van der Waals surface area contributed by atoms with Crippen LogP contribution in [0.3, 0.4) is 0 Å². The lowest BCUT2D eigenvalue weighted by atomic mass is 9.73. The van der Waals surface area contributed by atoms with Gasteiger partial charge in [0, 0.05) is 31.9 Å². The number of Topliss-reactive ketones (excluding diaryl/α,β-unsaturated/α-hetero) is 1. The highest BCUT2D eigenvalue weighted by molar-refractivity contribution is 6.39. The van der Waals surface area contributed by atoms with Gasteiger partial charge < -0.3 is 15.1 Å².